The number of nitrogens with one attached hydrogen (secondary N) is 1. The van der Waals surface area contributed by atoms with Crippen LogP contribution in [0, 0.1) is 11.8 Å². The Balaban J connectivity index is 1.50. The van der Waals surface area contributed by atoms with Gasteiger partial charge in [-0.2, -0.15) is 0 Å². The maximum Gasteiger partial charge on any atom is 0.115 e. The largest absolute Gasteiger partial charge is 0.508 e. The van der Waals surface area contributed by atoms with Crippen LogP contribution in [0.4, 0.5) is 0 Å². The van der Waals surface area contributed by atoms with Gasteiger partial charge in [-0.25, -0.2) is 0 Å². The first kappa shape index (κ1) is 14.6. The maximum atomic E-state index is 9.75. The Bertz CT molecular complexity index is 713. The molecule has 0 aliphatic heterocycles. The zero-order valence-electron chi connectivity index (χ0n) is 13.2. The van der Waals surface area contributed by atoms with Gasteiger partial charge in [-0.3, -0.25) is 0 Å². The molecule has 2 aromatic carbocycles. The fourth-order valence-corrected chi connectivity index (χ4v) is 4.43. The van der Waals surface area contributed by atoms with Gasteiger partial charge in [0.25, 0.3) is 0 Å². The van der Waals surface area contributed by atoms with Crippen LogP contribution in [0.15, 0.2) is 42.5 Å². The van der Waals surface area contributed by atoms with Gasteiger partial charge >= 0.3 is 0 Å². The minimum Gasteiger partial charge on any atom is -0.508 e. The van der Waals surface area contributed by atoms with Crippen molar-refractivity contribution in [1.82, 2.24) is 5.32 Å². The van der Waals surface area contributed by atoms with Crippen molar-refractivity contribution in [2.75, 3.05) is 0 Å². The van der Waals surface area contributed by atoms with Crippen molar-refractivity contribution >= 4 is 0 Å². The summed E-state index contributed by atoms with van der Waals surface area (Å²) < 4.78 is 0. The highest BCUT2D eigenvalue weighted by Gasteiger charge is 2.38. The molecule has 2 bridgehead atoms. The van der Waals surface area contributed by atoms with Gasteiger partial charge < -0.3 is 15.5 Å². The SMILES string of the molecule is Oc1cccc(CNC2C3CCC2Cc2cc(O)ccc2C3)c1. The molecule has 0 aromatic heterocycles. The molecule has 3 N–H and O–H groups in total. The van der Waals surface area contributed by atoms with Crippen molar-refractivity contribution < 1.29 is 10.2 Å². The summed E-state index contributed by atoms with van der Waals surface area (Å²) in [5.41, 5.74) is 3.85. The molecule has 3 heteroatoms. The predicted molar refractivity (Wildman–Crippen MR) is 90.5 cm³/mol. The molecule has 120 valence electrons. The molecule has 2 aliphatic carbocycles. The molecule has 2 aromatic rings. The lowest BCUT2D eigenvalue weighted by Gasteiger charge is -2.24. The van der Waals surface area contributed by atoms with Gasteiger partial charge in [0.2, 0.25) is 0 Å². The van der Waals surface area contributed by atoms with E-state index in [9.17, 15) is 10.2 Å². The third-order valence-electron chi connectivity index (χ3n) is 5.53. The second-order valence-electron chi connectivity index (χ2n) is 7.04. The minimum absolute atomic E-state index is 0.330. The second-order valence-corrected chi connectivity index (χ2v) is 7.04. The Morgan fingerprint density at radius 3 is 2.39 bits per heavy atom. The average molecular weight is 309 g/mol. The van der Waals surface area contributed by atoms with Crippen molar-refractivity contribution in [2.24, 2.45) is 11.8 Å². The third kappa shape index (κ3) is 2.93. The molecule has 1 saturated carbocycles. The molecule has 0 amide bonds. The van der Waals surface area contributed by atoms with E-state index in [0.29, 0.717) is 29.4 Å². The first-order valence-corrected chi connectivity index (χ1v) is 8.51. The summed E-state index contributed by atoms with van der Waals surface area (Å²) in [7, 11) is 0. The summed E-state index contributed by atoms with van der Waals surface area (Å²) in [6.45, 7) is 0.799. The van der Waals surface area contributed by atoms with Gasteiger partial charge in [0.1, 0.15) is 11.5 Å². The summed E-state index contributed by atoms with van der Waals surface area (Å²) in [4.78, 5) is 0. The van der Waals surface area contributed by atoms with Crippen LogP contribution in [0.25, 0.3) is 0 Å². The van der Waals surface area contributed by atoms with Gasteiger partial charge in [0.05, 0.1) is 0 Å². The zero-order chi connectivity index (χ0) is 15.8. The second kappa shape index (κ2) is 5.89. The number of hydrogen-bond donors (Lipinski definition) is 3. The van der Waals surface area contributed by atoms with Gasteiger partial charge in [-0.1, -0.05) is 18.2 Å². The van der Waals surface area contributed by atoms with Crippen LogP contribution >= 0.6 is 0 Å². The first-order valence-electron chi connectivity index (χ1n) is 8.51. The highest BCUT2D eigenvalue weighted by Crippen LogP contribution is 2.40. The Hall–Kier alpha value is -2.00. The molecule has 0 heterocycles. The van der Waals surface area contributed by atoms with E-state index >= 15 is 0 Å². The van der Waals surface area contributed by atoms with Crippen LogP contribution in [-0.2, 0) is 19.4 Å². The fourth-order valence-electron chi connectivity index (χ4n) is 4.43. The van der Waals surface area contributed by atoms with E-state index in [1.165, 1.54) is 24.0 Å². The summed E-state index contributed by atoms with van der Waals surface area (Å²) in [6, 6.07) is 13.9. The number of phenols is 2. The van der Waals surface area contributed by atoms with Crippen molar-refractivity contribution in [1.29, 1.82) is 0 Å². The molecule has 0 spiro atoms. The van der Waals surface area contributed by atoms with Crippen molar-refractivity contribution in [2.45, 2.75) is 38.3 Å². The normalized spacial score (nSPS) is 25.8. The van der Waals surface area contributed by atoms with E-state index in [-0.39, 0.29) is 0 Å². The van der Waals surface area contributed by atoms with Gasteiger partial charge in [0.15, 0.2) is 0 Å². The van der Waals surface area contributed by atoms with Crippen LogP contribution in [0.5, 0.6) is 11.5 Å². The van der Waals surface area contributed by atoms with E-state index < -0.39 is 0 Å². The average Bonchev–Trinajstić information content (AvgIpc) is 2.81. The number of benzene rings is 2. The van der Waals surface area contributed by atoms with Gasteiger partial charge in [0, 0.05) is 12.6 Å². The number of aromatic hydroxyl groups is 2. The van der Waals surface area contributed by atoms with Crippen LogP contribution in [-0.4, -0.2) is 16.3 Å². The predicted octanol–water partition coefficient (Wildman–Crippen LogP) is 3.38. The smallest absolute Gasteiger partial charge is 0.115 e. The molecule has 0 saturated heterocycles. The lowest BCUT2D eigenvalue weighted by Crippen LogP contribution is -2.37. The fraction of sp³-hybridized carbons (Fsp3) is 0.400. The standard InChI is InChI=1S/C20H23NO2/c22-18-3-1-2-13(8-18)12-21-20-15-4-5-16(20)10-17-11-19(23)7-6-14(17)9-15/h1-3,6-8,11,15-16,20-23H,4-5,9-10,12H2. The molecule has 2 aliphatic rings. The topological polar surface area (TPSA) is 52.5 Å². The van der Waals surface area contributed by atoms with Gasteiger partial charge in [-0.15, -0.1) is 0 Å². The molecular weight excluding hydrogens is 286 g/mol. The Morgan fingerprint density at radius 2 is 1.61 bits per heavy atom. The first-order chi connectivity index (χ1) is 11.2. The molecular formula is C20H23NO2. The zero-order valence-corrected chi connectivity index (χ0v) is 13.2. The number of fused-ring (bicyclic) bond motifs is 3. The van der Waals surface area contributed by atoms with Crippen molar-refractivity contribution in [3.63, 3.8) is 0 Å². The lowest BCUT2D eigenvalue weighted by molar-refractivity contribution is 0.340. The van der Waals surface area contributed by atoms with Crippen molar-refractivity contribution in [3.8, 4) is 11.5 Å². The number of hydrogen-bond acceptors (Lipinski definition) is 3. The number of phenolic OH excluding ortho intramolecular Hbond substituents is 2. The Labute approximate surface area is 137 Å². The Morgan fingerprint density at radius 1 is 0.870 bits per heavy atom. The molecule has 1 fully saturated rings. The molecule has 23 heavy (non-hydrogen) atoms. The van der Waals surface area contributed by atoms with Crippen LogP contribution in [0.3, 0.4) is 0 Å². The number of rotatable bonds is 3. The minimum atomic E-state index is 0.330. The van der Waals surface area contributed by atoms with Crippen molar-refractivity contribution in [3.05, 3.63) is 59.2 Å². The van der Waals surface area contributed by atoms with E-state index in [2.05, 4.69) is 17.4 Å². The summed E-state index contributed by atoms with van der Waals surface area (Å²) in [5.74, 6) is 2.02. The van der Waals surface area contributed by atoms with Crippen LogP contribution < -0.4 is 5.32 Å². The highest BCUT2D eigenvalue weighted by atomic mass is 16.3. The molecule has 3 atom stereocenters. The lowest BCUT2D eigenvalue weighted by atomic mass is 9.93. The van der Waals surface area contributed by atoms with E-state index in [1.54, 1.807) is 6.07 Å². The summed E-state index contributed by atoms with van der Waals surface area (Å²) >= 11 is 0. The maximum absolute atomic E-state index is 9.75. The van der Waals surface area contributed by atoms with Crippen LogP contribution in [0.2, 0.25) is 0 Å². The third-order valence-corrected chi connectivity index (χ3v) is 5.53. The summed E-state index contributed by atoms with van der Waals surface area (Å²) in [5, 5.41) is 23.1. The molecule has 3 nitrogen and oxygen atoms in total. The Kier molecular flexibility index (Phi) is 3.74. The van der Waals surface area contributed by atoms with E-state index in [1.807, 2.05) is 24.3 Å². The quantitative estimate of drug-likeness (QED) is 0.814. The highest BCUT2D eigenvalue weighted by molar-refractivity contribution is 5.37. The van der Waals surface area contributed by atoms with Gasteiger partial charge in [-0.05, 0) is 78.5 Å². The molecule has 0 radical (unpaired) electrons. The monoisotopic (exact) mass is 309 g/mol. The molecule has 4 rings (SSSR count). The van der Waals surface area contributed by atoms with E-state index in [4.69, 9.17) is 0 Å². The summed E-state index contributed by atoms with van der Waals surface area (Å²) in [6.07, 6.45) is 4.70. The molecule has 3 unspecified atom stereocenters. The van der Waals surface area contributed by atoms with E-state index in [0.717, 1.165) is 24.9 Å². The van der Waals surface area contributed by atoms with Crippen LogP contribution in [0.1, 0.15) is 29.5 Å².